The van der Waals surface area contributed by atoms with Gasteiger partial charge in [-0.1, -0.05) is 182 Å². The van der Waals surface area contributed by atoms with Gasteiger partial charge in [-0.05, 0) is 69.6 Å². The van der Waals surface area contributed by atoms with Crippen LogP contribution in [0.1, 0.15) is 23.6 Å². The van der Waals surface area contributed by atoms with Crippen molar-refractivity contribution in [3.63, 3.8) is 0 Å². The monoisotopic (exact) mass is 728 g/mol. The Balaban J connectivity index is 1.02. The molecule has 8 aromatic carbocycles. The molecule has 0 saturated carbocycles. The SMILES string of the molecule is CC1(c2ccc(-c3ccccc3-c3cc(-c4cccc(-c5cccc6c5oc5ccccc56)c4)nc(-c4ccccc4)n3)cc2)c2ccccc2-c2ccccc21. The molecule has 0 saturated heterocycles. The third-order valence-corrected chi connectivity index (χ3v) is 11.8. The number of hydrogen-bond acceptors (Lipinski definition) is 3. The summed E-state index contributed by atoms with van der Waals surface area (Å²) >= 11 is 0. The van der Waals surface area contributed by atoms with Crippen molar-refractivity contribution in [1.29, 1.82) is 0 Å². The molecule has 0 spiro atoms. The van der Waals surface area contributed by atoms with E-state index in [1.165, 1.54) is 27.8 Å². The lowest BCUT2D eigenvalue weighted by Crippen LogP contribution is -2.22. The fourth-order valence-corrected chi connectivity index (χ4v) is 8.98. The minimum atomic E-state index is -0.248. The number of hydrogen-bond donors (Lipinski definition) is 0. The van der Waals surface area contributed by atoms with Crippen molar-refractivity contribution in [1.82, 2.24) is 9.97 Å². The number of aromatic nitrogens is 2. The van der Waals surface area contributed by atoms with Crippen LogP contribution in [0.3, 0.4) is 0 Å². The number of benzene rings is 8. The summed E-state index contributed by atoms with van der Waals surface area (Å²) in [5, 5.41) is 2.23. The van der Waals surface area contributed by atoms with Gasteiger partial charge in [-0.15, -0.1) is 0 Å². The summed E-state index contributed by atoms with van der Waals surface area (Å²) in [6.45, 7) is 2.36. The van der Waals surface area contributed by atoms with Gasteiger partial charge in [0.15, 0.2) is 5.82 Å². The molecule has 0 atom stereocenters. The van der Waals surface area contributed by atoms with Gasteiger partial charge in [0.1, 0.15) is 11.2 Å². The minimum absolute atomic E-state index is 0.248. The second-order valence-electron chi connectivity index (χ2n) is 15.0. The second kappa shape index (κ2) is 13.1. The number of para-hydroxylation sites is 2. The molecule has 0 N–H and O–H groups in total. The second-order valence-corrected chi connectivity index (χ2v) is 15.0. The van der Waals surface area contributed by atoms with Crippen molar-refractivity contribution in [2.75, 3.05) is 0 Å². The molecular formula is C54H36N2O. The number of rotatable bonds is 6. The molecule has 1 aliphatic rings. The molecule has 0 unspecified atom stereocenters. The Hall–Kier alpha value is -7.36. The first-order valence-electron chi connectivity index (χ1n) is 19.5. The molecule has 11 rings (SSSR count). The third kappa shape index (κ3) is 5.35. The van der Waals surface area contributed by atoms with Gasteiger partial charge in [-0.25, -0.2) is 9.97 Å². The molecule has 0 aliphatic heterocycles. The summed E-state index contributed by atoms with van der Waals surface area (Å²) in [5.41, 5.74) is 17.3. The van der Waals surface area contributed by atoms with E-state index >= 15 is 0 Å². The molecule has 2 heterocycles. The molecule has 3 nitrogen and oxygen atoms in total. The van der Waals surface area contributed by atoms with Gasteiger partial charge in [0, 0.05) is 38.4 Å². The lowest BCUT2D eigenvalue weighted by Gasteiger charge is -2.28. The highest BCUT2D eigenvalue weighted by Crippen LogP contribution is 2.52. The lowest BCUT2D eigenvalue weighted by molar-refractivity contribution is 0.670. The summed E-state index contributed by atoms with van der Waals surface area (Å²) in [6.07, 6.45) is 0. The maximum absolute atomic E-state index is 6.44. The van der Waals surface area contributed by atoms with Crippen LogP contribution in [0.15, 0.2) is 205 Å². The van der Waals surface area contributed by atoms with Crippen molar-refractivity contribution in [2.24, 2.45) is 0 Å². The minimum Gasteiger partial charge on any atom is -0.455 e. The van der Waals surface area contributed by atoms with Gasteiger partial charge in [0.2, 0.25) is 0 Å². The van der Waals surface area contributed by atoms with E-state index in [0.29, 0.717) is 5.82 Å². The first-order chi connectivity index (χ1) is 28.1. The Morgan fingerprint density at radius 2 is 0.947 bits per heavy atom. The topological polar surface area (TPSA) is 38.9 Å². The van der Waals surface area contributed by atoms with Gasteiger partial charge >= 0.3 is 0 Å². The van der Waals surface area contributed by atoms with E-state index in [2.05, 4.69) is 177 Å². The summed E-state index contributed by atoms with van der Waals surface area (Å²) in [7, 11) is 0. The first-order valence-corrected chi connectivity index (χ1v) is 19.5. The molecule has 0 bridgehead atoms. The Kier molecular flexibility index (Phi) is 7.61. The predicted octanol–water partition coefficient (Wildman–Crippen LogP) is 14.0. The molecule has 10 aromatic rings. The maximum atomic E-state index is 6.44. The zero-order chi connectivity index (χ0) is 37.9. The van der Waals surface area contributed by atoms with Crippen molar-refractivity contribution < 1.29 is 4.42 Å². The van der Waals surface area contributed by atoms with E-state index in [1.54, 1.807) is 0 Å². The highest BCUT2D eigenvalue weighted by atomic mass is 16.3. The number of nitrogens with zero attached hydrogens (tertiary/aromatic N) is 2. The van der Waals surface area contributed by atoms with E-state index in [1.807, 2.05) is 30.3 Å². The largest absolute Gasteiger partial charge is 0.455 e. The normalized spacial score (nSPS) is 12.8. The van der Waals surface area contributed by atoms with Crippen LogP contribution in [0.5, 0.6) is 0 Å². The van der Waals surface area contributed by atoms with E-state index in [-0.39, 0.29) is 5.41 Å². The fraction of sp³-hybridized carbons (Fsp3) is 0.0370. The molecule has 2 aromatic heterocycles. The number of furan rings is 1. The van der Waals surface area contributed by atoms with Crippen LogP contribution < -0.4 is 0 Å². The highest BCUT2D eigenvalue weighted by Gasteiger charge is 2.40. The van der Waals surface area contributed by atoms with Crippen LogP contribution in [0.25, 0.3) is 89.2 Å². The molecule has 0 fully saturated rings. The summed E-state index contributed by atoms with van der Waals surface area (Å²) in [4.78, 5) is 10.4. The Bertz CT molecular complexity index is 3090. The van der Waals surface area contributed by atoms with Gasteiger partial charge in [0.25, 0.3) is 0 Å². The molecule has 0 amide bonds. The Morgan fingerprint density at radius 3 is 1.72 bits per heavy atom. The molecule has 0 radical (unpaired) electrons. The fourth-order valence-electron chi connectivity index (χ4n) is 8.98. The average Bonchev–Trinajstić information content (AvgIpc) is 3.80. The van der Waals surface area contributed by atoms with Gasteiger partial charge in [-0.3, -0.25) is 0 Å². The standard InChI is InChI=1S/C54H36N2O/c1-54(47-26-10-7-20-42(47)43-21-8-11-27-48(43)54)39-31-29-35(30-32-39)40-19-5-6-22-44(40)50-34-49(55-53(56-50)36-15-3-2-4-16-36)38-18-13-17-37(33-38)41-24-14-25-46-45-23-9-12-28-51(45)57-52(41)46/h2-34H,1H3. The van der Waals surface area contributed by atoms with Crippen LogP contribution in [-0.4, -0.2) is 9.97 Å². The number of fused-ring (bicyclic) bond motifs is 6. The van der Waals surface area contributed by atoms with E-state index in [4.69, 9.17) is 14.4 Å². The van der Waals surface area contributed by atoms with E-state index in [9.17, 15) is 0 Å². The lowest BCUT2D eigenvalue weighted by atomic mass is 9.74. The van der Waals surface area contributed by atoms with Gasteiger partial charge < -0.3 is 4.42 Å². The Labute approximate surface area is 331 Å². The van der Waals surface area contributed by atoms with Crippen LogP contribution >= 0.6 is 0 Å². The van der Waals surface area contributed by atoms with E-state index < -0.39 is 0 Å². The molecule has 3 heteroatoms. The maximum Gasteiger partial charge on any atom is 0.160 e. The zero-order valence-corrected chi connectivity index (χ0v) is 31.4. The van der Waals surface area contributed by atoms with Crippen LogP contribution in [0.4, 0.5) is 0 Å². The van der Waals surface area contributed by atoms with Crippen molar-refractivity contribution in [2.45, 2.75) is 12.3 Å². The van der Waals surface area contributed by atoms with Gasteiger partial charge in [0.05, 0.1) is 11.4 Å². The van der Waals surface area contributed by atoms with Crippen LogP contribution in [0, 0.1) is 0 Å². The highest BCUT2D eigenvalue weighted by molar-refractivity contribution is 6.09. The molecule has 1 aliphatic carbocycles. The third-order valence-electron chi connectivity index (χ3n) is 11.8. The molecular weight excluding hydrogens is 693 g/mol. The van der Waals surface area contributed by atoms with Crippen LogP contribution in [0.2, 0.25) is 0 Å². The summed E-state index contributed by atoms with van der Waals surface area (Å²) < 4.78 is 6.44. The smallest absolute Gasteiger partial charge is 0.160 e. The van der Waals surface area contributed by atoms with Crippen LogP contribution in [-0.2, 0) is 5.41 Å². The quantitative estimate of drug-likeness (QED) is 0.171. The van der Waals surface area contributed by atoms with Crippen molar-refractivity contribution in [3.05, 3.63) is 217 Å². The van der Waals surface area contributed by atoms with E-state index in [0.717, 1.165) is 72.3 Å². The molecule has 268 valence electrons. The zero-order valence-electron chi connectivity index (χ0n) is 31.4. The summed E-state index contributed by atoms with van der Waals surface area (Å²) in [6, 6.07) is 71.0. The average molecular weight is 729 g/mol. The predicted molar refractivity (Wildman–Crippen MR) is 234 cm³/mol. The first kappa shape index (κ1) is 33.0. The summed E-state index contributed by atoms with van der Waals surface area (Å²) in [5.74, 6) is 0.685. The Morgan fingerprint density at radius 1 is 0.386 bits per heavy atom. The van der Waals surface area contributed by atoms with Crippen molar-refractivity contribution in [3.8, 4) is 67.3 Å². The van der Waals surface area contributed by atoms with Gasteiger partial charge in [-0.2, -0.15) is 0 Å². The molecule has 57 heavy (non-hydrogen) atoms. The van der Waals surface area contributed by atoms with Crippen molar-refractivity contribution >= 4 is 21.9 Å².